The Morgan fingerprint density at radius 2 is 2.19 bits per heavy atom. The number of nitrogens with zero attached hydrogens (tertiary/aromatic N) is 2. The van der Waals surface area contributed by atoms with Gasteiger partial charge >= 0.3 is 0 Å². The standard InChI is InChI=1S/C11H16ClN3O/c1-4-5-11(2,3)15-10-8(6-16)9(12)13-7-14-10/h6-7H,4-5H2,1-3H3,(H,13,14,15). The molecule has 1 aromatic rings. The Balaban J connectivity index is 2.97. The number of aldehydes is 1. The Bertz CT molecular complexity index is 379. The summed E-state index contributed by atoms with van der Waals surface area (Å²) >= 11 is 5.81. The van der Waals surface area contributed by atoms with Crippen molar-refractivity contribution in [2.75, 3.05) is 5.32 Å². The number of halogens is 1. The molecule has 4 nitrogen and oxygen atoms in total. The van der Waals surface area contributed by atoms with Gasteiger partial charge in [-0.2, -0.15) is 0 Å². The lowest BCUT2D eigenvalue weighted by Crippen LogP contribution is -2.31. The van der Waals surface area contributed by atoms with Crippen LogP contribution in [0.15, 0.2) is 6.33 Å². The Kier molecular flexibility index (Phi) is 4.24. The molecule has 0 bridgehead atoms. The molecule has 1 aromatic heterocycles. The van der Waals surface area contributed by atoms with Gasteiger partial charge in [0.2, 0.25) is 0 Å². The first kappa shape index (κ1) is 12.9. The molecule has 0 fully saturated rings. The third-order valence-electron chi connectivity index (χ3n) is 2.28. The predicted octanol–water partition coefficient (Wildman–Crippen LogP) is 2.93. The minimum atomic E-state index is -0.121. The van der Waals surface area contributed by atoms with Crippen LogP contribution in [0.3, 0.4) is 0 Å². The van der Waals surface area contributed by atoms with Crippen molar-refractivity contribution < 1.29 is 4.79 Å². The summed E-state index contributed by atoms with van der Waals surface area (Å²) in [7, 11) is 0. The summed E-state index contributed by atoms with van der Waals surface area (Å²) in [5, 5.41) is 3.39. The molecule has 0 saturated carbocycles. The van der Waals surface area contributed by atoms with E-state index in [0.29, 0.717) is 17.7 Å². The molecule has 1 N–H and O–H groups in total. The molecule has 0 atom stereocenters. The van der Waals surface area contributed by atoms with E-state index in [9.17, 15) is 4.79 Å². The number of nitrogens with one attached hydrogen (secondary N) is 1. The van der Waals surface area contributed by atoms with Gasteiger partial charge in [-0.15, -0.1) is 0 Å². The molecule has 0 unspecified atom stereocenters. The van der Waals surface area contributed by atoms with Crippen LogP contribution in [-0.4, -0.2) is 21.8 Å². The molecule has 1 rings (SSSR count). The lowest BCUT2D eigenvalue weighted by atomic mass is 9.99. The molecule has 1 heterocycles. The number of carbonyl (C=O) groups is 1. The number of carbonyl (C=O) groups excluding carboxylic acids is 1. The van der Waals surface area contributed by atoms with Crippen molar-refractivity contribution in [3.05, 3.63) is 17.0 Å². The second kappa shape index (κ2) is 5.25. The molecule has 0 amide bonds. The van der Waals surface area contributed by atoms with E-state index < -0.39 is 0 Å². The van der Waals surface area contributed by atoms with E-state index in [2.05, 4.69) is 36.1 Å². The highest BCUT2D eigenvalue weighted by Crippen LogP contribution is 2.23. The first-order valence-corrected chi connectivity index (χ1v) is 5.62. The van der Waals surface area contributed by atoms with E-state index in [1.54, 1.807) is 0 Å². The summed E-state index contributed by atoms with van der Waals surface area (Å²) in [5.41, 5.74) is 0.192. The zero-order valence-corrected chi connectivity index (χ0v) is 10.5. The van der Waals surface area contributed by atoms with Gasteiger partial charge in [-0.05, 0) is 20.3 Å². The maximum absolute atomic E-state index is 10.9. The minimum Gasteiger partial charge on any atom is -0.364 e. The Labute approximate surface area is 100 Å². The zero-order valence-electron chi connectivity index (χ0n) is 9.75. The first-order valence-electron chi connectivity index (χ1n) is 5.24. The van der Waals surface area contributed by atoms with E-state index >= 15 is 0 Å². The van der Waals surface area contributed by atoms with Crippen LogP contribution >= 0.6 is 11.6 Å². The summed E-state index contributed by atoms with van der Waals surface area (Å²) in [6.07, 6.45) is 4.05. The van der Waals surface area contributed by atoms with Crippen molar-refractivity contribution in [1.82, 2.24) is 9.97 Å². The Hall–Kier alpha value is -1.16. The van der Waals surface area contributed by atoms with E-state index in [1.165, 1.54) is 6.33 Å². The summed E-state index contributed by atoms with van der Waals surface area (Å²) in [4.78, 5) is 18.7. The van der Waals surface area contributed by atoms with Crippen LogP contribution in [-0.2, 0) is 0 Å². The van der Waals surface area contributed by atoms with Gasteiger partial charge < -0.3 is 5.32 Å². The van der Waals surface area contributed by atoms with Crippen molar-refractivity contribution in [2.24, 2.45) is 0 Å². The van der Waals surface area contributed by atoms with E-state index in [-0.39, 0.29) is 10.7 Å². The van der Waals surface area contributed by atoms with Gasteiger partial charge in [-0.3, -0.25) is 4.79 Å². The molecule has 88 valence electrons. The zero-order chi connectivity index (χ0) is 12.2. The molecule has 0 aliphatic carbocycles. The molecular formula is C11H16ClN3O. The molecule has 0 aliphatic heterocycles. The van der Waals surface area contributed by atoms with Crippen molar-refractivity contribution >= 4 is 23.7 Å². The maximum Gasteiger partial charge on any atom is 0.156 e. The van der Waals surface area contributed by atoms with Gasteiger partial charge in [0.05, 0.1) is 5.56 Å². The molecule has 0 saturated heterocycles. The molecule has 16 heavy (non-hydrogen) atoms. The number of aromatic nitrogens is 2. The number of rotatable bonds is 5. The fourth-order valence-electron chi connectivity index (χ4n) is 1.59. The first-order chi connectivity index (χ1) is 7.50. The van der Waals surface area contributed by atoms with Crippen molar-refractivity contribution in [3.63, 3.8) is 0 Å². The van der Waals surface area contributed by atoms with Crippen molar-refractivity contribution in [2.45, 2.75) is 39.2 Å². The minimum absolute atomic E-state index is 0.121. The van der Waals surface area contributed by atoms with Crippen molar-refractivity contribution in [1.29, 1.82) is 0 Å². The van der Waals surface area contributed by atoms with E-state index in [1.807, 2.05) is 0 Å². The predicted molar refractivity (Wildman–Crippen MR) is 65.0 cm³/mol. The Morgan fingerprint density at radius 1 is 1.50 bits per heavy atom. The molecular weight excluding hydrogens is 226 g/mol. The number of hydrogen-bond donors (Lipinski definition) is 1. The third kappa shape index (κ3) is 3.17. The maximum atomic E-state index is 10.9. The van der Waals surface area contributed by atoms with Crippen LogP contribution in [0, 0.1) is 0 Å². The SMILES string of the molecule is CCCC(C)(C)Nc1ncnc(Cl)c1C=O. The fraction of sp³-hybridized carbons (Fsp3) is 0.545. The molecule has 0 spiro atoms. The van der Waals surface area contributed by atoms with Crippen LogP contribution in [0.25, 0.3) is 0 Å². The summed E-state index contributed by atoms with van der Waals surface area (Å²) in [6.45, 7) is 6.22. The largest absolute Gasteiger partial charge is 0.364 e. The smallest absolute Gasteiger partial charge is 0.156 e. The highest BCUT2D eigenvalue weighted by molar-refractivity contribution is 6.32. The quantitative estimate of drug-likeness (QED) is 0.636. The summed E-state index contributed by atoms with van der Waals surface area (Å²) in [6, 6.07) is 0. The van der Waals surface area contributed by atoms with Gasteiger partial charge in [0.25, 0.3) is 0 Å². The highest BCUT2D eigenvalue weighted by atomic mass is 35.5. The fourth-order valence-corrected chi connectivity index (χ4v) is 1.76. The van der Waals surface area contributed by atoms with Gasteiger partial charge in [0.15, 0.2) is 6.29 Å². The van der Waals surface area contributed by atoms with Gasteiger partial charge in [-0.25, -0.2) is 9.97 Å². The molecule has 0 radical (unpaired) electrons. The second-order valence-corrected chi connectivity index (χ2v) is 4.66. The number of hydrogen-bond acceptors (Lipinski definition) is 4. The van der Waals surface area contributed by atoms with Gasteiger partial charge in [0.1, 0.15) is 17.3 Å². The van der Waals surface area contributed by atoms with Crippen LogP contribution in [0.1, 0.15) is 44.0 Å². The topological polar surface area (TPSA) is 54.9 Å². The summed E-state index contributed by atoms with van der Waals surface area (Å²) < 4.78 is 0. The third-order valence-corrected chi connectivity index (χ3v) is 2.59. The van der Waals surface area contributed by atoms with E-state index in [4.69, 9.17) is 11.6 Å². The molecule has 0 aromatic carbocycles. The van der Waals surface area contributed by atoms with Crippen LogP contribution in [0.4, 0.5) is 5.82 Å². The Morgan fingerprint density at radius 3 is 2.75 bits per heavy atom. The monoisotopic (exact) mass is 241 g/mol. The van der Waals surface area contributed by atoms with Crippen LogP contribution in [0.2, 0.25) is 5.15 Å². The van der Waals surface area contributed by atoms with E-state index in [0.717, 1.165) is 12.8 Å². The average molecular weight is 242 g/mol. The van der Waals surface area contributed by atoms with Gasteiger partial charge in [-0.1, -0.05) is 24.9 Å². The lowest BCUT2D eigenvalue weighted by Gasteiger charge is -2.26. The lowest BCUT2D eigenvalue weighted by molar-refractivity contribution is 0.112. The van der Waals surface area contributed by atoms with Crippen LogP contribution in [0.5, 0.6) is 0 Å². The van der Waals surface area contributed by atoms with Crippen LogP contribution < -0.4 is 5.32 Å². The summed E-state index contributed by atoms with van der Waals surface area (Å²) in [5.74, 6) is 0.494. The average Bonchev–Trinajstić information content (AvgIpc) is 2.17. The second-order valence-electron chi connectivity index (χ2n) is 4.30. The normalized spacial score (nSPS) is 11.2. The van der Waals surface area contributed by atoms with Crippen molar-refractivity contribution in [3.8, 4) is 0 Å². The highest BCUT2D eigenvalue weighted by Gasteiger charge is 2.19. The number of anilines is 1. The molecule has 0 aliphatic rings. The molecule has 5 heteroatoms. The van der Waals surface area contributed by atoms with Gasteiger partial charge in [0, 0.05) is 5.54 Å².